The Morgan fingerprint density at radius 1 is 1.35 bits per heavy atom. The third-order valence-electron chi connectivity index (χ3n) is 4.56. The van der Waals surface area contributed by atoms with E-state index in [1.165, 1.54) is 12.4 Å². The highest BCUT2D eigenvalue weighted by molar-refractivity contribution is 5.89. The third kappa shape index (κ3) is 3.09. The zero-order valence-corrected chi connectivity index (χ0v) is 14.1. The van der Waals surface area contributed by atoms with Crippen LogP contribution in [-0.4, -0.2) is 45.0 Å². The number of ether oxygens (including phenoxy) is 1. The first-order valence-corrected chi connectivity index (χ1v) is 8.45. The lowest BCUT2D eigenvalue weighted by Crippen LogP contribution is -2.32. The average Bonchev–Trinajstić information content (AvgIpc) is 3.30. The monoisotopic (exact) mass is 347 g/mol. The normalized spacial score (nSPS) is 16.6. The summed E-state index contributed by atoms with van der Waals surface area (Å²) in [6.07, 6.45) is 5.73. The smallest absolute Gasteiger partial charge is 0.251 e. The van der Waals surface area contributed by atoms with Crippen LogP contribution in [0.1, 0.15) is 17.7 Å². The summed E-state index contributed by atoms with van der Waals surface area (Å²) in [6.45, 7) is 1.12. The van der Waals surface area contributed by atoms with Gasteiger partial charge in [0, 0.05) is 42.5 Å². The van der Waals surface area contributed by atoms with E-state index in [9.17, 15) is 4.79 Å². The van der Waals surface area contributed by atoms with Crippen LogP contribution in [0.3, 0.4) is 0 Å². The summed E-state index contributed by atoms with van der Waals surface area (Å²) in [7, 11) is 0. The van der Waals surface area contributed by atoms with E-state index in [2.05, 4.69) is 15.0 Å². The number of aromatic nitrogens is 3. The number of H-pyrrole nitrogens is 1. The van der Waals surface area contributed by atoms with Gasteiger partial charge >= 0.3 is 0 Å². The van der Waals surface area contributed by atoms with E-state index < -0.39 is 0 Å². The summed E-state index contributed by atoms with van der Waals surface area (Å²) in [6, 6.07) is 9.92. The molecule has 3 heterocycles. The summed E-state index contributed by atoms with van der Waals surface area (Å²) in [5.41, 5.74) is 2.19. The molecule has 130 valence electrons. The van der Waals surface area contributed by atoms with Crippen LogP contribution >= 0.6 is 0 Å². The van der Waals surface area contributed by atoms with E-state index in [4.69, 9.17) is 10.00 Å². The minimum Gasteiger partial charge on any atom is -0.470 e. The van der Waals surface area contributed by atoms with Gasteiger partial charge in [0.15, 0.2) is 0 Å². The van der Waals surface area contributed by atoms with Crippen molar-refractivity contribution in [3.63, 3.8) is 0 Å². The molecule has 1 aliphatic heterocycles. The number of nitrogens with zero attached hydrogens (tertiary/aromatic N) is 4. The maximum atomic E-state index is 12.7. The fourth-order valence-electron chi connectivity index (χ4n) is 3.25. The van der Waals surface area contributed by atoms with Crippen molar-refractivity contribution < 1.29 is 9.53 Å². The molecule has 4 rings (SSSR count). The van der Waals surface area contributed by atoms with Gasteiger partial charge in [0.25, 0.3) is 5.88 Å². The highest BCUT2D eigenvalue weighted by atomic mass is 16.5. The number of likely N-dealkylation sites (tertiary alicyclic amines) is 1. The largest absolute Gasteiger partial charge is 0.470 e. The highest BCUT2D eigenvalue weighted by Gasteiger charge is 2.29. The number of rotatable bonds is 4. The second kappa shape index (κ2) is 6.84. The van der Waals surface area contributed by atoms with Crippen LogP contribution in [0.2, 0.25) is 0 Å². The van der Waals surface area contributed by atoms with Crippen LogP contribution in [0.5, 0.6) is 5.88 Å². The first kappa shape index (κ1) is 16.1. The molecular weight excluding hydrogens is 330 g/mol. The number of benzene rings is 1. The SMILES string of the molecule is N#Cc1nccnc1O[C@H]1CCN(C(=O)Cc2c[nH]c3ccccc23)C1. The predicted molar refractivity (Wildman–Crippen MR) is 94.4 cm³/mol. The van der Waals surface area contributed by atoms with Gasteiger partial charge < -0.3 is 14.6 Å². The molecule has 0 radical (unpaired) electrons. The number of hydrogen-bond acceptors (Lipinski definition) is 5. The van der Waals surface area contributed by atoms with E-state index in [-0.39, 0.29) is 23.6 Å². The fourth-order valence-corrected chi connectivity index (χ4v) is 3.25. The van der Waals surface area contributed by atoms with Gasteiger partial charge in [0.2, 0.25) is 11.6 Å². The first-order chi connectivity index (χ1) is 12.7. The number of fused-ring (bicyclic) bond motifs is 1. The Hall–Kier alpha value is -3.40. The van der Waals surface area contributed by atoms with Crippen LogP contribution in [0.15, 0.2) is 42.9 Å². The maximum Gasteiger partial charge on any atom is 0.251 e. The molecule has 0 bridgehead atoms. The van der Waals surface area contributed by atoms with Gasteiger partial charge in [0.1, 0.15) is 12.2 Å². The van der Waals surface area contributed by atoms with Gasteiger partial charge in [-0.3, -0.25) is 4.79 Å². The lowest BCUT2D eigenvalue weighted by atomic mass is 10.1. The predicted octanol–water partition coefficient (Wildman–Crippen LogP) is 2.05. The van der Waals surface area contributed by atoms with Crippen LogP contribution in [0.25, 0.3) is 10.9 Å². The summed E-state index contributed by atoms with van der Waals surface area (Å²) >= 11 is 0. The van der Waals surface area contributed by atoms with E-state index in [1.807, 2.05) is 36.5 Å². The lowest BCUT2D eigenvalue weighted by molar-refractivity contribution is -0.129. The molecule has 1 aromatic carbocycles. The number of carbonyl (C=O) groups is 1. The number of nitrogens with one attached hydrogen (secondary N) is 1. The molecule has 2 aromatic heterocycles. The topological polar surface area (TPSA) is 94.9 Å². The highest BCUT2D eigenvalue weighted by Crippen LogP contribution is 2.22. The quantitative estimate of drug-likeness (QED) is 0.779. The summed E-state index contributed by atoms with van der Waals surface area (Å²) in [5, 5.41) is 10.1. The van der Waals surface area contributed by atoms with Gasteiger partial charge in [-0.25, -0.2) is 9.97 Å². The Morgan fingerprint density at radius 3 is 3.08 bits per heavy atom. The number of amides is 1. The van der Waals surface area contributed by atoms with E-state index in [1.54, 1.807) is 4.90 Å². The van der Waals surface area contributed by atoms with Crippen molar-refractivity contribution in [2.24, 2.45) is 0 Å². The Labute approximate surface area is 150 Å². The molecule has 0 spiro atoms. The van der Waals surface area contributed by atoms with Crippen molar-refractivity contribution in [3.05, 3.63) is 54.1 Å². The van der Waals surface area contributed by atoms with E-state index in [0.717, 1.165) is 16.5 Å². The first-order valence-electron chi connectivity index (χ1n) is 8.45. The van der Waals surface area contributed by atoms with E-state index >= 15 is 0 Å². The molecule has 1 atom stereocenters. The zero-order valence-electron chi connectivity index (χ0n) is 14.1. The molecule has 1 saturated heterocycles. The average molecular weight is 347 g/mol. The molecule has 7 nitrogen and oxygen atoms in total. The lowest BCUT2D eigenvalue weighted by Gasteiger charge is -2.17. The minimum absolute atomic E-state index is 0.0699. The number of nitriles is 1. The summed E-state index contributed by atoms with van der Waals surface area (Å²) in [5.74, 6) is 0.298. The fraction of sp³-hybridized carbons (Fsp3) is 0.263. The molecular formula is C19H17N5O2. The van der Waals surface area contributed by atoms with Gasteiger partial charge in [-0.1, -0.05) is 18.2 Å². The Balaban J connectivity index is 1.40. The zero-order chi connectivity index (χ0) is 17.9. The van der Waals surface area contributed by atoms with Crippen molar-refractivity contribution in [3.8, 4) is 11.9 Å². The molecule has 0 saturated carbocycles. The van der Waals surface area contributed by atoms with Crippen LogP contribution < -0.4 is 4.74 Å². The van der Waals surface area contributed by atoms with Crippen molar-refractivity contribution in [2.45, 2.75) is 18.9 Å². The molecule has 3 aromatic rings. The molecule has 1 aliphatic rings. The van der Waals surface area contributed by atoms with E-state index in [0.29, 0.717) is 25.9 Å². The molecule has 7 heteroatoms. The van der Waals surface area contributed by atoms with Crippen molar-refractivity contribution in [1.82, 2.24) is 19.9 Å². The van der Waals surface area contributed by atoms with Crippen molar-refractivity contribution in [2.75, 3.05) is 13.1 Å². The second-order valence-corrected chi connectivity index (χ2v) is 6.23. The molecule has 1 fully saturated rings. The standard InChI is InChI=1S/C19H17N5O2/c20-10-17-19(22-7-6-21-17)26-14-5-8-24(12-14)18(25)9-13-11-23-16-4-2-1-3-15(13)16/h1-4,6-7,11,14,23H,5,8-9,12H2/t14-/m0/s1. The van der Waals surface area contributed by atoms with Crippen LogP contribution in [-0.2, 0) is 11.2 Å². The molecule has 1 N–H and O–H groups in total. The van der Waals surface area contributed by atoms with Gasteiger partial charge in [-0.05, 0) is 11.6 Å². The van der Waals surface area contributed by atoms with Crippen molar-refractivity contribution >= 4 is 16.8 Å². The van der Waals surface area contributed by atoms with Gasteiger partial charge in [-0.2, -0.15) is 5.26 Å². The summed E-state index contributed by atoms with van der Waals surface area (Å²) < 4.78 is 5.79. The van der Waals surface area contributed by atoms with Crippen LogP contribution in [0, 0.1) is 11.3 Å². The second-order valence-electron chi connectivity index (χ2n) is 6.23. The summed E-state index contributed by atoms with van der Waals surface area (Å²) in [4.78, 5) is 25.7. The van der Waals surface area contributed by atoms with Crippen LogP contribution in [0.4, 0.5) is 0 Å². The number of carbonyl (C=O) groups excluding carboxylic acids is 1. The molecule has 1 amide bonds. The number of aromatic amines is 1. The Kier molecular flexibility index (Phi) is 4.23. The minimum atomic E-state index is -0.175. The number of hydrogen-bond donors (Lipinski definition) is 1. The Morgan fingerprint density at radius 2 is 2.19 bits per heavy atom. The molecule has 26 heavy (non-hydrogen) atoms. The van der Waals surface area contributed by atoms with Gasteiger partial charge in [0.05, 0.1) is 13.0 Å². The molecule has 0 aliphatic carbocycles. The number of para-hydroxylation sites is 1. The Bertz CT molecular complexity index is 991. The van der Waals surface area contributed by atoms with Gasteiger partial charge in [-0.15, -0.1) is 0 Å². The van der Waals surface area contributed by atoms with Crippen molar-refractivity contribution in [1.29, 1.82) is 5.26 Å². The maximum absolute atomic E-state index is 12.7. The third-order valence-corrected chi connectivity index (χ3v) is 4.56. The molecule has 0 unspecified atom stereocenters.